The van der Waals surface area contributed by atoms with Gasteiger partial charge in [-0.2, -0.15) is 15.0 Å². The second kappa shape index (κ2) is 12.6. The van der Waals surface area contributed by atoms with Crippen molar-refractivity contribution in [1.29, 1.82) is 0 Å². The third-order valence-electron chi connectivity index (χ3n) is 7.40. The SMILES string of the molecule is CCC1(CC)CN(c2ccc(NCc3ccccc3)cc2)c2cc(SC)c(OC=C(F)C(=O)O)cc2S(O)(O)C1. The highest BCUT2D eigenvalue weighted by molar-refractivity contribution is 8.24. The Morgan fingerprint density at radius 2 is 1.80 bits per heavy atom. The molecule has 3 aromatic rings. The monoisotopic (exact) mass is 586 g/mol. The fourth-order valence-electron chi connectivity index (χ4n) is 4.86. The molecular formula is C30H35FN2O5S2. The molecule has 4 rings (SSSR count). The molecule has 0 bridgehead atoms. The number of thioether (sulfide) groups is 1. The van der Waals surface area contributed by atoms with Gasteiger partial charge in [-0.15, -0.1) is 11.8 Å². The van der Waals surface area contributed by atoms with E-state index in [0.29, 0.717) is 34.8 Å². The van der Waals surface area contributed by atoms with E-state index in [4.69, 9.17) is 9.84 Å². The number of benzene rings is 3. The van der Waals surface area contributed by atoms with Crippen molar-refractivity contribution in [3.05, 3.63) is 84.4 Å². The number of anilines is 3. The number of carboxylic acid groups (broad SMARTS) is 1. The lowest BCUT2D eigenvalue weighted by atomic mass is 9.83. The molecular weight excluding hydrogens is 551 g/mol. The van der Waals surface area contributed by atoms with Crippen molar-refractivity contribution < 1.29 is 28.1 Å². The number of aliphatic carboxylic acids is 1. The fourth-order valence-corrected chi connectivity index (χ4v) is 7.71. The molecule has 0 spiro atoms. The Hall–Kier alpha value is -3.18. The number of fused-ring (bicyclic) bond motifs is 1. The number of carboxylic acids is 1. The van der Waals surface area contributed by atoms with Crippen molar-refractivity contribution in [2.45, 2.75) is 43.0 Å². The standard InChI is InChI=1S/C30H35FN2O5S2/c1-4-30(5-2)19-33(23-13-11-22(12-14-23)32-17-21-9-7-6-8-10-21)25-15-27(39-3)26(38-18-24(31)29(34)35)16-28(25)40(36,37)20-30/h6-16,18,32,36-37H,4-5,17,19-20H2,1-3H3,(H,34,35). The predicted molar refractivity (Wildman–Crippen MR) is 162 cm³/mol. The van der Waals surface area contributed by atoms with Gasteiger partial charge in [0.15, 0.2) is 0 Å². The van der Waals surface area contributed by atoms with Gasteiger partial charge in [-0.25, -0.2) is 4.79 Å². The molecule has 0 unspecified atom stereocenters. The van der Waals surface area contributed by atoms with Gasteiger partial charge in [0.2, 0.25) is 5.83 Å². The second-order valence-electron chi connectivity index (χ2n) is 9.85. The highest BCUT2D eigenvalue weighted by Gasteiger charge is 2.41. The third kappa shape index (κ3) is 6.58. The van der Waals surface area contributed by atoms with Crippen LogP contribution in [0.4, 0.5) is 21.5 Å². The molecule has 1 aliphatic heterocycles. The lowest BCUT2D eigenvalue weighted by Crippen LogP contribution is -2.36. The number of hydrogen-bond acceptors (Lipinski definition) is 7. The summed E-state index contributed by atoms with van der Waals surface area (Å²) < 4.78 is 42.1. The minimum Gasteiger partial charge on any atom is -0.476 e. The maximum atomic E-state index is 13.7. The quantitative estimate of drug-likeness (QED) is 0.107. The molecule has 0 radical (unpaired) electrons. The van der Waals surface area contributed by atoms with E-state index in [-0.39, 0.29) is 16.9 Å². The van der Waals surface area contributed by atoms with E-state index in [1.807, 2.05) is 48.7 Å². The first-order chi connectivity index (χ1) is 19.1. The maximum absolute atomic E-state index is 13.7. The van der Waals surface area contributed by atoms with Gasteiger partial charge in [0.1, 0.15) is 12.0 Å². The zero-order valence-corrected chi connectivity index (χ0v) is 24.4. The smallest absolute Gasteiger partial charge is 0.368 e. The first-order valence-electron chi connectivity index (χ1n) is 13.0. The minimum absolute atomic E-state index is 0.156. The van der Waals surface area contributed by atoms with Gasteiger partial charge in [-0.05, 0) is 55.0 Å². The molecule has 0 saturated heterocycles. The van der Waals surface area contributed by atoms with Crippen molar-refractivity contribution in [2.24, 2.45) is 5.41 Å². The number of nitrogens with zero attached hydrogens (tertiary/aromatic N) is 1. The molecule has 40 heavy (non-hydrogen) atoms. The average Bonchev–Trinajstić information content (AvgIpc) is 3.06. The van der Waals surface area contributed by atoms with E-state index in [9.17, 15) is 18.3 Å². The van der Waals surface area contributed by atoms with Gasteiger partial charge in [0, 0.05) is 41.7 Å². The lowest BCUT2D eigenvalue weighted by Gasteiger charge is -2.40. The van der Waals surface area contributed by atoms with Crippen molar-refractivity contribution in [3.63, 3.8) is 0 Å². The summed E-state index contributed by atoms with van der Waals surface area (Å²) in [5.74, 6) is -2.87. The van der Waals surface area contributed by atoms with Crippen LogP contribution in [0.5, 0.6) is 5.75 Å². The molecule has 0 atom stereocenters. The fraction of sp³-hybridized carbons (Fsp3) is 0.300. The molecule has 0 saturated carbocycles. The summed E-state index contributed by atoms with van der Waals surface area (Å²) in [5, 5.41) is 12.3. The van der Waals surface area contributed by atoms with E-state index in [2.05, 4.69) is 36.2 Å². The molecule has 3 aromatic carbocycles. The normalized spacial score (nSPS) is 16.9. The zero-order valence-electron chi connectivity index (χ0n) is 22.8. The van der Waals surface area contributed by atoms with Crippen LogP contribution in [0.2, 0.25) is 0 Å². The second-order valence-corrected chi connectivity index (χ2v) is 12.8. The molecule has 0 aromatic heterocycles. The summed E-state index contributed by atoms with van der Waals surface area (Å²) in [6.07, 6.45) is 3.83. The van der Waals surface area contributed by atoms with Gasteiger partial charge in [0.25, 0.3) is 0 Å². The maximum Gasteiger partial charge on any atom is 0.368 e. The van der Waals surface area contributed by atoms with Gasteiger partial charge in [-0.1, -0.05) is 44.2 Å². The number of ether oxygens (including phenoxy) is 1. The molecule has 4 N–H and O–H groups in total. The van der Waals surface area contributed by atoms with E-state index >= 15 is 0 Å². The highest BCUT2D eigenvalue weighted by Crippen LogP contribution is 2.61. The summed E-state index contributed by atoms with van der Waals surface area (Å²) in [7, 11) is -3.28. The van der Waals surface area contributed by atoms with Crippen LogP contribution in [0.3, 0.4) is 0 Å². The van der Waals surface area contributed by atoms with Gasteiger partial charge in [-0.3, -0.25) is 9.11 Å². The van der Waals surface area contributed by atoms with E-state index in [0.717, 1.165) is 24.2 Å². The van der Waals surface area contributed by atoms with Crippen LogP contribution in [0.25, 0.3) is 0 Å². The summed E-state index contributed by atoms with van der Waals surface area (Å²) in [4.78, 5) is 13.9. The molecule has 10 heteroatoms. The molecule has 7 nitrogen and oxygen atoms in total. The summed E-state index contributed by atoms with van der Waals surface area (Å²) in [5.41, 5.74) is 3.29. The average molecular weight is 587 g/mol. The van der Waals surface area contributed by atoms with Crippen molar-refractivity contribution in [1.82, 2.24) is 0 Å². The first kappa shape index (κ1) is 29.8. The molecule has 1 heterocycles. The molecule has 214 valence electrons. The Kier molecular flexibility index (Phi) is 9.35. The highest BCUT2D eigenvalue weighted by atomic mass is 32.3. The van der Waals surface area contributed by atoms with Gasteiger partial charge in [0.05, 0.1) is 15.5 Å². The molecule has 0 aliphatic carbocycles. The van der Waals surface area contributed by atoms with Crippen LogP contribution in [0.1, 0.15) is 32.3 Å². The Labute approximate surface area is 240 Å². The number of rotatable bonds is 10. The number of carbonyl (C=O) groups is 1. The zero-order chi connectivity index (χ0) is 28.9. The van der Waals surface area contributed by atoms with E-state index < -0.39 is 22.4 Å². The Bertz CT molecular complexity index is 1360. The number of halogens is 1. The van der Waals surface area contributed by atoms with Crippen LogP contribution < -0.4 is 15.0 Å². The van der Waals surface area contributed by atoms with Gasteiger partial charge >= 0.3 is 5.97 Å². The first-order valence-corrected chi connectivity index (χ1v) is 15.9. The van der Waals surface area contributed by atoms with E-state index in [1.165, 1.54) is 23.4 Å². The number of nitrogens with one attached hydrogen (secondary N) is 1. The van der Waals surface area contributed by atoms with Crippen molar-refractivity contribution in [3.8, 4) is 5.75 Å². The molecule has 0 amide bonds. The van der Waals surface area contributed by atoms with Crippen molar-refractivity contribution >= 4 is 45.4 Å². The Morgan fingerprint density at radius 1 is 1.12 bits per heavy atom. The van der Waals surface area contributed by atoms with Crippen LogP contribution in [0.15, 0.2) is 88.6 Å². The summed E-state index contributed by atoms with van der Waals surface area (Å²) in [6.45, 7) is 5.39. The molecule has 0 fully saturated rings. The number of hydrogen-bond donors (Lipinski definition) is 4. The lowest BCUT2D eigenvalue weighted by molar-refractivity contribution is -0.134. The largest absolute Gasteiger partial charge is 0.476 e. The van der Waals surface area contributed by atoms with Crippen LogP contribution in [-0.2, 0) is 11.3 Å². The van der Waals surface area contributed by atoms with Crippen LogP contribution in [-0.4, -0.2) is 38.7 Å². The van der Waals surface area contributed by atoms with Crippen molar-refractivity contribution in [2.75, 3.05) is 28.8 Å². The van der Waals surface area contributed by atoms with Gasteiger partial charge < -0.3 is 20.1 Å². The van der Waals surface area contributed by atoms with E-state index in [1.54, 1.807) is 6.07 Å². The predicted octanol–water partition coefficient (Wildman–Crippen LogP) is 8.36. The van der Waals surface area contributed by atoms with Crippen LogP contribution >= 0.6 is 22.4 Å². The summed E-state index contributed by atoms with van der Waals surface area (Å²) >= 11 is 1.34. The van der Waals surface area contributed by atoms with Crippen LogP contribution in [0, 0.1) is 5.41 Å². The Balaban J connectivity index is 1.76. The topological polar surface area (TPSA) is 102 Å². The third-order valence-corrected chi connectivity index (χ3v) is 10.2. The molecule has 1 aliphatic rings. The minimum atomic E-state index is -3.28. The Morgan fingerprint density at radius 3 is 2.40 bits per heavy atom. The summed E-state index contributed by atoms with van der Waals surface area (Å²) in [6, 6.07) is 21.5.